The average molecular weight is 281 g/mol. The van der Waals surface area contributed by atoms with E-state index in [2.05, 4.69) is 25.2 Å². The molecular formula is C19H23NO. The van der Waals surface area contributed by atoms with Crippen molar-refractivity contribution in [1.82, 2.24) is 0 Å². The molecule has 0 saturated heterocycles. The number of hydrogen-bond acceptors (Lipinski definition) is 1. The van der Waals surface area contributed by atoms with Gasteiger partial charge in [0.2, 0.25) is 5.91 Å². The highest BCUT2D eigenvalue weighted by molar-refractivity contribution is 5.96. The molecule has 0 aliphatic heterocycles. The smallest absolute Gasteiger partial charge is 0.231 e. The molecule has 0 bridgehead atoms. The molecule has 21 heavy (non-hydrogen) atoms. The predicted molar refractivity (Wildman–Crippen MR) is 88.6 cm³/mol. The fourth-order valence-electron chi connectivity index (χ4n) is 2.39. The molecular weight excluding hydrogens is 258 g/mol. The molecule has 0 radical (unpaired) electrons. The highest BCUT2D eigenvalue weighted by atomic mass is 16.1. The van der Waals surface area contributed by atoms with E-state index in [9.17, 15) is 4.79 Å². The molecule has 0 aromatic heterocycles. The zero-order chi connectivity index (χ0) is 15.2. The minimum absolute atomic E-state index is 0.0388. The highest BCUT2D eigenvalue weighted by Crippen LogP contribution is 2.27. The number of hydrogen-bond donors (Lipinski definition) is 1. The molecule has 2 aromatic rings. The highest BCUT2D eigenvalue weighted by Gasteiger charge is 2.17. The lowest BCUT2D eigenvalue weighted by Crippen LogP contribution is -2.20. The van der Waals surface area contributed by atoms with Crippen LogP contribution >= 0.6 is 0 Å². The first-order chi connectivity index (χ1) is 10.1. The monoisotopic (exact) mass is 281 g/mol. The topological polar surface area (TPSA) is 29.1 Å². The van der Waals surface area contributed by atoms with Gasteiger partial charge in [-0.25, -0.2) is 0 Å². The Morgan fingerprint density at radius 2 is 1.62 bits per heavy atom. The Morgan fingerprint density at radius 1 is 1.00 bits per heavy atom. The van der Waals surface area contributed by atoms with Crippen molar-refractivity contribution < 1.29 is 4.79 Å². The van der Waals surface area contributed by atoms with Crippen LogP contribution in [0.4, 0.5) is 5.69 Å². The third-order valence-corrected chi connectivity index (χ3v) is 4.05. The van der Waals surface area contributed by atoms with Crippen LogP contribution < -0.4 is 5.32 Å². The summed E-state index contributed by atoms with van der Waals surface area (Å²) in [6, 6.07) is 17.9. The number of carbonyl (C=O) groups excluding carboxylic acids is 1. The molecule has 1 N–H and O–H groups in total. The van der Waals surface area contributed by atoms with Crippen LogP contribution in [0.5, 0.6) is 0 Å². The van der Waals surface area contributed by atoms with Crippen LogP contribution in [-0.4, -0.2) is 5.91 Å². The molecule has 0 aliphatic carbocycles. The van der Waals surface area contributed by atoms with Gasteiger partial charge in [0.05, 0.1) is 5.92 Å². The van der Waals surface area contributed by atoms with Crippen LogP contribution in [0.25, 0.3) is 0 Å². The molecule has 2 atom stereocenters. The fraction of sp³-hybridized carbons (Fsp3) is 0.316. The maximum atomic E-state index is 12.5. The van der Waals surface area contributed by atoms with E-state index in [1.807, 2.05) is 55.5 Å². The summed E-state index contributed by atoms with van der Waals surface area (Å²) in [5.74, 6) is 0.321. The predicted octanol–water partition coefficient (Wildman–Crippen LogP) is 4.94. The second-order valence-corrected chi connectivity index (χ2v) is 5.52. The number of benzene rings is 2. The van der Waals surface area contributed by atoms with Gasteiger partial charge in [0.25, 0.3) is 0 Å². The summed E-state index contributed by atoms with van der Waals surface area (Å²) in [4.78, 5) is 12.5. The van der Waals surface area contributed by atoms with Gasteiger partial charge in [0, 0.05) is 5.69 Å². The molecule has 0 heterocycles. The van der Waals surface area contributed by atoms with Crippen molar-refractivity contribution in [3.8, 4) is 0 Å². The molecule has 1 amide bonds. The molecule has 0 fully saturated rings. The number of carbonyl (C=O) groups is 1. The maximum Gasteiger partial charge on any atom is 0.231 e. The molecule has 0 saturated carbocycles. The van der Waals surface area contributed by atoms with E-state index in [-0.39, 0.29) is 11.8 Å². The molecule has 110 valence electrons. The lowest BCUT2D eigenvalue weighted by molar-refractivity contribution is -0.117. The van der Waals surface area contributed by atoms with Crippen molar-refractivity contribution in [3.05, 3.63) is 65.7 Å². The summed E-state index contributed by atoms with van der Waals surface area (Å²) in [5.41, 5.74) is 3.17. The quantitative estimate of drug-likeness (QED) is 0.826. The van der Waals surface area contributed by atoms with Crippen LogP contribution in [0.1, 0.15) is 50.2 Å². The number of anilines is 1. The van der Waals surface area contributed by atoms with E-state index in [1.165, 1.54) is 5.56 Å². The van der Waals surface area contributed by atoms with Crippen molar-refractivity contribution in [1.29, 1.82) is 0 Å². The van der Waals surface area contributed by atoms with Gasteiger partial charge in [-0.3, -0.25) is 4.79 Å². The fourth-order valence-corrected chi connectivity index (χ4v) is 2.39. The second kappa shape index (κ2) is 7.07. The Balaban J connectivity index is 2.17. The first-order valence-corrected chi connectivity index (χ1v) is 7.58. The first kappa shape index (κ1) is 15.3. The SMILES string of the molecule is CC[C@@H](C)c1ccccc1NC(=O)[C@H](C)c1ccccc1. The normalized spacial score (nSPS) is 13.5. The largest absolute Gasteiger partial charge is 0.325 e. The van der Waals surface area contributed by atoms with Crippen LogP contribution in [0, 0.1) is 0 Å². The summed E-state index contributed by atoms with van der Waals surface area (Å²) >= 11 is 0. The van der Waals surface area contributed by atoms with E-state index in [1.54, 1.807) is 0 Å². The lowest BCUT2D eigenvalue weighted by Gasteiger charge is -2.18. The minimum Gasteiger partial charge on any atom is -0.325 e. The van der Waals surface area contributed by atoms with Gasteiger partial charge in [-0.15, -0.1) is 0 Å². The zero-order valence-corrected chi connectivity index (χ0v) is 13.0. The Labute approximate surface area is 127 Å². The van der Waals surface area contributed by atoms with E-state index in [4.69, 9.17) is 0 Å². The van der Waals surface area contributed by atoms with E-state index >= 15 is 0 Å². The van der Waals surface area contributed by atoms with E-state index in [0.29, 0.717) is 5.92 Å². The Kier molecular flexibility index (Phi) is 5.15. The molecule has 0 aliphatic rings. The van der Waals surface area contributed by atoms with Crippen molar-refractivity contribution in [2.45, 2.75) is 39.0 Å². The van der Waals surface area contributed by atoms with Gasteiger partial charge in [0.1, 0.15) is 0 Å². The molecule has 2 aromatic carbocycles. The average Bonchev–Trinajstić information content (AvgIpc) is 2.54. The van der Waals surface area contributed by atoms with Crippen LogP contribution in [0.15, 0.2) is 54.6 Å². The first-order valence-electron chi connectivity index (χ1n) is 7.58. The summed E-state index contributed by atoms with van der Waals surface area (Å²) in [5, 5.41) is 3.09. The molecule has 2 heteroatoms. The summed E-state index contributed by atoms with van der Waals surface area (Å²) in [6.07, 6.45) is 1.06. The summed E-state index contributed by atoms with van der Waals surface area (Å²) in [6.45, 7) is 6.29. The summed E-state index contributed by atoms with van der Waals surface area (Å²) in [7, 11) is 0. The van der Waals surface area contributed by atoms with Crippen LogP contribution in [0.3, 0.4) is 0 Å². The van der Waals surface area contributed by atoms with E-state index in [0.717, 1.165) is 17.7 Å². The van der Waals surface area contributed by atoms with Crippen molar-refractivity contribution in [2.75, 3.05) is 5.32 Å². The van der Waals surface area contributed by atoms with Gasteiger partial charge in [-0.2, -0.15) is 0 Å². The van der Waals surface area contributed by atoms with Gasteiger partial charge in [0.15, 0.2) is 0 Å². The lowest BCUT2D eigenvalue weighted by atomic mass is 9.96. The number of para-hydroxylation sites is 1. The van der Waals surface area contributed by atoms with E-state index < -0.39 is 0 Å². The number of amides is 1. The second-order valence-electron chi connectivity index (χ2n) is 5.52. The van der Waals surface area contributed by atoms with Crippen molar-refractivity contribution in [3.63, 3.8) is 0 Å². The molecule has 0 unspecified atom stereocenters. The molecule has 2 rings (SSSR count). The third-order valence-electron chi connectivity index (χ3n) is 4.05. The third kappa shape index (κ3) is 3.72. The van der Waals surface area contributed by atoms with Gasteiger partial charge < -0.3 is 5.32 Å². The van der Waals surface area contributed by atoms with Gasteiger partial charge >= 0.3 is 0 Å². The Bertz CT molecular complexity index is 592. The molecule has 2 nitrogen and oxygen atoms in total. The van der Waals surface area contributed by atoms with Gasteiger partial charge in [-0.05, 0) is 36.5 Å². The Morgan fingerprint density at radius 3 is 2.29 bits per heavy atom. The zero-order valence-electron chi connectivity index (χ0n) is 13.0. The maximum absolute atomic E-state index is 12.5. The van der Waals surface area contributed by atoms with Crippen LogP contribution in [-0.2, 0) is 4.79 Å². The standard InChI is InChI=1S/C19H23NO/c1-4-14(2)17-12-8-9-13-18(17)20-19(21)15(3)16-10-6-5-7-11-16/h5-15H,4H2,1-3H3,(H,20,21)/t14-,15-/m1/s1. The number of nitrogens with one attached hydrogen (secondary N) is 1. The Hall–Kier alpha value is -2.09. The van der Waals surface area contributed by atoms with Crippen molar-refractivity contribution in [2.24, 2.45) is 0 Å². The molecule has 0 spiro atoms. The number of rotatable bonds is 5. The minimum atomic E-state index is -0.156. The summed E-state index contributed by atoms with van der Waals surface area (Å²) < 4.78 is 0. The van der Waals surface area contributed by atoms with Crippen molar-refractivity contribution >= 4 is 11.6 Å². The van der Waals surface area contributed by atoms with Gasteiger partial charge in [-0.1, -0.05) is 62.4 Å². The van der Waals surface area contributed by atoms with Crippen LogP contribution in [0.2, 0.25) is 0 Å².